The van der Waals surface area contributed by atoms with E-state index in [-0.39, 0.29) is 44.4 Å². The summed E-state index contributed by atoms with van der Waals surface area (Å²) in [7, 11) is 3.20. The van der Waals surface area contributed by atoms with E-state index in [1.807, 2.05) is 6.92 Å². The minimum atomic E-state index is -0.948. The fourth-order valence-corrected chi connectivity index (χ4v) is 6.33. The fraction of sp³-hybridized carbons (Fsp3) is 0.500. The Labute approximate surface area is 202 Å². The van der Waals surface area contributed by atoms with Gasteiger partial charge in [-0.2, -0.15) is 0 Å². The topological polar surface area (TPSA) is 74.2 Å². The molecule has 0 saturated carbocycles. The van der Waals surface area contributed by atoms with Crippen molar-refractivity contribution in [3.05, 3.63) is 47.0 Å². The van der Waals surface area contributed by atoms with Crippen LogP contribution in [0, 0.1) is 0 Å². The van der Waals surface area contributed by atoms with E-state index in [4.69, 9.17) is 18.9 Å². The van der Waals surface area contributed by atoms with Gasteiger partial charge in [-0.15, -0.1) is 0 Å². The van der Waals surface area contributed by atoms with E-state index in [0.29, 0.717) is 5.75 Å². The zero-order chi connectivity index (χ0) is 24.4. The van der Waals surface area contributed by atoms with Crippen LogP contribution in [0.2, 0.25) is 0 Å². The van der Waals surface area contributed by atoms with Gasteiger partial charge < -0.3 is 0 Å². The standard InChI is InChI=1S/C26H34O6Se/c1-16(29-6)31-15-32-21-14-18(13-19-23(21)26(4,5)11-10-25(19,2)3)33-22-12-17(24(27)28)8-9-20(22)30-7/h8-9,12-14,16H,10-11,15H2,1-7H3,(H,27,28). The number of fused-ring (bicyclic) bond motifs is 1. The van der Waals surface area contributed by atoms with Crippen molar-refractivity contribution in [2.45, 2.75) is 64.6 Å². The first-order chi connectivity index (χ1) is 15.5. The van der Waals surface area contributed by atoms with Crippen LogP contribution in [0.4, 0.5) is 0 Å². The van der Waals surface area contributed by atoms with Crippen molar-refractivity contribution in [2.75, 3.05) is 21.0 Å². The molecule has 0 heterocycles. The van der Waals surface area contributed by atoms with Crippen molar-refractivity contribution in [3.63, 3.8) is 0 Å². The molecule has 0 spiro atoms. The molecule has 3 rings (SSSR count). The third kappa shape index (κ3) is 5.72. The molecule has 0 saturated heterocycles. The van der Waals surface area contributed by atoms with Crippen molar-refractivity contribution < 1.29 is 28.8 Å². The van der Waals surface area contributed by atoms with Gasteiger partial charge in [-0.25, -0.2) is 0 Å². The third-order valence-corrected chi connectivity index (χ3v) is 8.46. The zero-order valence-corrected chi connectivity index (χ0v) is 22.2. The average Bonchev–Trinajstić information content (AvgIpc) is 2.76. The summed E-state index contributed by atoms with van der Waals surface area (Å²) >= 11 is -0.178. The molecule has 1 aliphatic carbocycles. The van der Waals surface area contributed by atoms with Gasteiger partial charge in [0.1, 0.15) is 0 Å². The van der Waals surface area contributed by atoms with E-state index in [9.17, 15) is 9.90 Å². The summed E-state index contributed by atoms with van der Waals surface area (Å²) in [5, 5.41) is 9.45. The number of carbonyl (C=O) groups is 1. The Morgan fingerprint density at radius 2 is 1.76 bits per heavy atom. The molecule has 1 atom stereocenters. The Bertz CT molecular complexity index is 1010. The SMILES string of the molecule is COc1ccc(C(=O)O)cc1[Se]c1cc(OCOC(C)OC)c2c(c1)C(C)(C)CCC2(C)C. The second-order valence-electron chi connectivity index (χ2n) is 9.62. The quantitative estimate of drug-likeness (QED) is 0.401. The minimum absolute atomic E-state index is 0.00271. The maximum atomic E-state index is 11.5. The molecule has 0 bridgehead atoms. The molecule has 33 heavy (non-hydrogen) atoms. The molecule has 2 aromatic rings. The predicted molar refractivity (Wildman–Crippen MR) is 130 cm³/mol. The van der Waals surface area contributed by atoms with Crippen molar-refractivity contribution in [1.82, 2.24) is 0 Å². The van der Waals surface area contributed by atoms with Crippen LogP contribution >= 0.6 is 0 Å². The molecular formula is C26H34O6Se. The van der Waals surface area contributed by atoms with Gasteiger partial charge in [0.2, 0.25) is 0 Å². The molecule has 0 fully saturated rings. The number of benzene rings is 2. The molecule has 7 heteroatoms. The Hall–Kier alpha value is -2.05. The van der Waals surface area contributed by atoms with Gasteiger partial charge in [0, 0.05) is 0 Å². The molecule has 1 aliphatic rings. The van der Waals surface area contributed by atoms with E-state index in [1.165, 1.54) is 11.1 Å². The van der Waals surface area contributed by atoms with Crippen LogP contribution in [-0.4, -0.2) is 53.3 Å². The van der Waals surface area contributed by atoms with Gasteiger partial charge in [-0.1, -0.05) is 0 Å². The first kappa shape index (κ1) is 25.6. The summed E-state index contributed by atoms with van der Waals surface area (Å²) in [5.74, 6) is 0.562. The molecule has 0 aromatic heterocycles. The normalized spacial score (nSPS) is 17.2. The molecule has 0 radical (unpaired) electrons. The van der Waals surface area contributed by atoms with Gasteiger partial charge in [-0.3, -0.25) is 0 Å². The number of methoxy groups -OCH3 is 2. The van der Waals surface area contributed by atoms with Crippen molar-refractivity contribution in [1.29, 1.82) is 0 Å². The summed E-state index contributed by atoms with van der Waals surface area (Å²) < 4.78 is 24.5. The second-order valence-corrected chi connectivity index (χ2v) is 12.0. The molecule has 1 unspecified atom stereocenters. The van der Waals surface area contributed by atoms with Gasteiger partial charge in [0.25, 0.3) is 0 Å². The maximum absolute atomic E-state index is 11.5. The average molecular weight is 522 g/mol. The van der Waals surface area contributed by atoms with Crippen LogP contribution in [-0.2, 0) is 20.3 Å². The first-order valence-electron chi connectivity index (χ1n) is 11.0. The Morgan fingerprint density at radius 3 is 2.39 bits per heavy atom. The number of carboxylic acids is 1. The van der Waals surface area contributed by atoms with Crippen LogP contribution < -0.4 is 18.4 Å². The first-order valence-corrected chi connectivity index (χ1v) is 12.7. The molecule has 0 aliphatic heterocycles. The summed E-state index contributed by atoms with van der Waals surface area (Å²) in [5.41, 5.74) is 2.73. The van der Waals surface area contributed by atoms with E-state index in [1.54, 1.807) is 32.4 Å². The monoisotopic (exact) mass is 522 g/mol. The summed E-state index contributed by atoms with van der Waals surface area (Å²) in [6.07, 6.45) is 1.79. The van der Waals surface area contributed by atoms with Crippen LogP contribution in [0.1, 0.15) is 68.9 Å². The number of carboxylic acid groups (broad SMARTS) is 1. The van der Waals surface area contributed by atoms with Gasteiger partial charge in [-0.05, 0) is 0 Å². The molecule has 180 valence electrons. The Kier molecular flexibility index (Phi) is 7.80. The van der Waals surface area contributed by atoms with Gasteiger partial charge in [0.15, 0.2) is 0 Å². The number of rotatable bonds is 9. The van der Waals surface area contributed by atoms with Crippen LogP contribution in [0.15, 0.2) is 30.3 Å². The van der Waals surface area contributed by atoms with E-state index in [2.05, 4.69) is 39.8 Å². The van der Waals surface area contributed by atoms with E-state index >= 15 is 0 Å². The van der Waals surface area contributed by atoms with Crippen molar-refractivity contribution in [3.8, 4) is 11.5 Å². The van der Waals surface area contributed by atoms with Crippen LogP contribution in [0.3, 0.4) is 0 Å². The Morgan fingerprint density at radius 1 is 1.06 bits per heavy atom. The molecule has 2 aromatic carbocycles. The summed E-state index contributed by atoms with van der Waals surface area (Å²) in [6, 6.07) is 9.36. The molecule has 6 nitrogen and oxygen atoms in total. The van der Waals surface area contributed by atoms with Crippen LogP contribution in [0.25, 0.3) is 0 Å². The van der Waals surface area contributed by atoms with E-state index in [0.717, 1.165) is 27.5 Å². The summed E-state index contributed by atoms with van der Waals surface area (Å²) in [4.78, 5) is 11.5. The molecular weight excluding hydrogens is 487 g/mol. The van der Waals surface area contributed by atoms with E-state index < -0.39 is 5.97 Å². The second kappa shape index (κ2) is 10.1. The number of aromatic carboxylic acids is 1. The van der Waals surface area contributed by atoms with Gasteiger partial charge >= 0.3 is 203 Å². The number of hydrogen-bond acceptors (Lipinski definition) is 5. The van der Waals surface area contributed by atoms with Gasteiger partial charge in [0.05, 0.1) is 0 Å². The number of ether oxygens (including phenoxy) is 4. The van der Waals surface area contributed by atoms with Crippen LogP contribution in [0.5, 0.6) is 11.5 Å². The third-order valence-electron chi connectivity index (χ3n) is 6.34. The summed E-state index contributed by atoms with van der Waals surface area (Å²) in [6.45, 7) is 11.0. The predicted octanol–water partition coefficient (Wildman–Crippen LogP) is 3.74. The molecule has 1 N–H and O–H groups in total. The van der Waals surface area contributed by atoms with Crippen molar-refractivity contribution in [2.24, 2.45) is 0 Å². The molecule has 0 amide bonds. The fourth-order valence-electron chi connectivity index (χ4n) is 4.16. The van der Waals surface area contributed by atoms with Crippen molar-refractivity contribution >= 4 is 29.8 Å². The zero-order valence-electron chi connectivity index (χ0n) is 20.5. The Balaban J connectivity index is 2.07. The number of hydrogen-bond donors (Lipinski definition) is 1.